The topological polar surface area (TPSA) is 34.1 Å². The zero-order chi connectivity index (χ0) is 13.0. The number of ether oxygens (including phenoxy) is 1. The molecule has 1 fully saturated rings. The van der Waals surface area contributed by atoms with Gasteiger partial charge in [-0.1, -0.05) is 0 Å². The van der Waals surface area contributed by atoms with Crippen LogP contribution in [0.3, 0.4) is 0 Å². The second kappa shape index (κ2) is 5.93. The van der Waals surface area contributed by atoms with Gasteiger partial charge in [0.15, 0.2) is 0 Å². The van der Waals surface area contributed by atoms with E-state index in [4.69, 9.17) is 4.74 Å². The highest BCUT2D eigenvalue weighted by Gasteiger charge is 2.28. The van der Waals surface area contributed by atoms with Crippen LogP contribution in [0.4, 0.5) is 0 Å². The molecule has 1 aromatic heterocycles. The monoisotopic (exact) mass is 266 g/mol. The third-order valence-electron chi connectivity index (χ3n) is 3.32. The number of hydrogen-bond donors (Lipinski definition) is 1. The molecule has 1 atom stereocenters. The fraction of sp³-hybridized carbons (Fsp3) is 0.643. The van der Waals surface area contributed by atoms with Crippen molar-refractivity contribution < 1.29 is 4.74 Å². The molecule has 18 heavy (non-hydrogen) atoms. The SMILES string of the molecule is COc1cc(C)nc(CNCC2(C)CCCS2)c1. The highest BCUT2D eigenvalue weighted by molar-refractivity contribution is 8.00. The Kier molecular flexibility index (Phi) is 4.51. The maximum absolute atomic E-state index is 5.26. The molecule has 0 amide bonds. The van der Waals surface area contributed by atoms with Gasteiger partial charge in [0.25, 0.3) is 0 Å². The van der Waals surface area contributed by atoms with Crippen LogP contribution in [0.5, 0.6) is 5.75 Å². The Morgan fingerprint density at radius 3 is 3.00 bits per heavy atom. The smallest absolute Gasteiger partial charge is 0.122 e. The largest absolute Gasteiger partial charge is 0.497 e. The molecule has 1 saturated heterocycles. The van der Waals surface area contributed by atoms with Crippen LogP contribution in [-0.2, 0) is 6.54 Å². The fourth-order valence-electron chi connectivity index (χ4n) is 2.34. The Morgan fingerprint density at radius 1 is 1.50 bits per heavy atom. The number of pyridine rings is 1. The molecule has 0 aromatic carbocycles. The zero-order valence-corrected chi connectivity index (χ0v) is 12.3. The summed E-state index contributed by atoms with van der Waals surface area (Å²) < 4.78 is 5.67. The van der Waals surface area contributed by atoms with Crippen molar-refractivity contribution >= 4 is 11.8 Å². The van der Waals surface area contributed by atoms with Crippen LogP contribution < -0.4 is 10.1 Å². The molecule has 2 rings (SSSR count). The van der Waals surface area contributed by atoms with Crippen LogP contribution >= 0.6 is 11.8 Å². The lowest BCUT2D eigenvalue weighted by molar-refractivity contribution is 0.412. The van der Waals surface area contributed by atoms with Crippen LogP contribution in [0.1, 0.15) is 31.2 Å². The molecule has 1 aromatic rings. The van der Waals surface area contributed by atoms with Crippen molar-refractivity contribution in [3.05, 3.63) is 23.5 Å². The number of aromatic nitrogens is 1. The zero-order valence-electron chi connectivity index (χ0n) is 11.5. The molecule has 1 N–H and O–H groups in total. The van der Waals surface area contributed by atoms with Gasteiger partial charge in [0.05, 0.1) is 12.8 Å². The summed E-state index contributed by atoms with van der Waals surface area (Å²) in [6.07, 6.45) is 2.66. The number of thioether (sulfide) groups is 1. The number of aryl methyl sites for hydroxylation is 1. The lowest BCUT2D eigenvalue weighted by atomic mass is 10.1. The van der Waals surface area contributed by atoms with Crippen molar-refractivity contribution in [1.82, 2.24) is 10.3 Å². The van der Waals surface area contributed by atoms with E-state index in [9.17, 15) is 0 Å². The molecule has 4 heteroatoms. The van der Waals surface area contributed by atoms with E-state index in [1.165, 1.54) is 18.6 Å². The van der Waals surface area contributed by atoms with Gasteiger partial charge >= 0.3 is 0 Å². The van der Waals surface area contributed by atoms with E-state index in [0.717, 1.165) is 30.2 Å². The van der Waals surface area contributed by atoms with Crippen molar-refractivity contribution in [2.75, 3.05) is 19.4 Å². The summed E-state index contributed by atoms with van der Waals surface area (Å²) >= 11 is 2.08. The molecule has 0 bridgehead atoms. The predicted molar refractivity (Wildman–Crippen MR) is 77.3 cm³/mol. The maximum Gasteiger partial charge on any atom is 0.122 e. The Hall–Kier alpha value is -0.740. The van der Waals surface area contributed by atoms with Gasteiger partial charge in [-0.2, -0.15) is 11.8 Å². The second-order valence-corrected chi connectivity index (χ2v) is 6.83. The molecule has 0 aliphatic carbocycles. The summed E-state index contributed by atoms with van der Waals surface area (Å²) in [4.78, 5) is 4.52. The number of nitrogens with zero attached hydrogens (tertiary/aromatic N) is 1. The Balaban J connectivity index is 1.88. The minimum absolute atomic E-state index is 0.411. The summed E-state index contributed by atoms with van der Waals surface area (Å²) in [5.41, 5.74) is 2.06. The van der Waals surface area contributed by atoms with Crippen molar-refractivity contribution in [2.24, 2.45) is 0 Å². The Bertz CT molecular complexity index is 403. The average molecular weight is 266 g/mol. The van der Waals surface area contributed by atoms with Gasteiger partial charge in [-0.25, -0.2) is 0 Å². The van der Waals surface area contributed by atoms with Gasteiger partial charge in [0, 0.05) is 35.7 Å². The third kappa shape index (κ3) is 3.62. The van der Waals surface area contributed by atoms with Crippen LogP contribution in [0.2, 0.25) is 0 Å². The molecular weight excluding hydrogens is 244 g/mol. The van der Waals surface area contributed by atoms with Crippen molar-refractivity contribution in [3.8, 4) is 5.75 Å². The van der Waals surface area contributed by atoms with Gasteiger partial charge in [0.2, 0.25) is 0 Å². The molecule has 2 heterocycles. The summed E-state index contributed by atoms with van der Waals surface area (Å²) in [6.45, 7) is 6.21. The van der Waals surface area contributed by atoms with Gasteiger partial charge in [-0.3, -0.25) is 4.98 Å². The molecule has 1 aliphatic rings. The molecule has 0 radical (unpaired) electrons. The van der Waals surface area contributed by atoms with E-state index >= 15 is 0 Å². The van der Waals surface area contributed by atoms with Crippen LogP contribution in [0, 0.1) is 6.92 Å². The van der Waals surface area contributed by atoms with Crippen LogP contribution in [0.15, 0.2) is 12.1 Å². The van der Waals surface area contributed by atoms with Crippen molar-refractivity contribution in [3.63, 3.8) is 0 Å². The molecule has 3 nitrogen and oxygen atoms in total. The normalized spacial score (nSPS) is 23.3. The first-order valence-corrected chi connectivity index (χ1v) is 7.46. The first-order valence-electron chi connectivity index (χ1n) is 6.47. The standard InChI is InChI=1S/C14H22N2OS/c1-11-7-13(17-3)8-12(16-11)9-15-10-14(2)5-4-6-18-14/h7-8,15H,4-6,9-10H2,1-3H3. The third-order valence-corrected chi connectivity index (χ3v) is 4.86. The minimum Gasteiger partial charge on any atom is -0.497 e. The van der Waals surface area contributed by atoms with Gasteiger partial charge in [-0.05, 0) is 32.4 Å². The highest BCUT2D eigenvalue weighted by Crippen LogP contribution is 2.36. The van der Waals surface area contributed by atoms with Crippen LogP contribution in [-0.4, -0.2) is 29.1 Å². The molecule has 100 valence electrons. The quantitative estimate of drug-likeness (QED) is 0.888. The molecule has 1 aliphatic heterocycles. The number of methoxy groups -OCH3 is 1. The second-order valence-electron chi connectivity index (χ2n) is 5.15. The van der Waals surface area contributed by atoms with Gasteiger partial charge in [0.1, 0.15) is 5.75 Å². The van der Waals surface area contributed by atoms with Crippen molar-refractivity contribution in [2.45, 2.75) is 38.0 Å². The number of hydrogen-bond acceptors (Lipinski definition) is 4. The van der Waals surface area contributed by atoms with E-state index < -0.39 is 0 Å². The van der Waals surface area contributed by atoms with Gasteiger partial charge in [-0.15, -0.1) is 0 Å². The highest BCUT2D eigenvalue weighted by atomic mass is 32.2. The van der Waals surface area contributed by atoms with E-state index in [1.54, 1.807) is 7.11 Å². The summed E-state index contributed by atoms with van der Waals surface area (Å²) in [5, 5.41) is 3.52. The lowest BCUT2D eigenvalue weighted by Gasteiger charge is -2.22. The Morgan fingerprint density at radius 2 is 2.33 bits per heavy atom. The molecule has 0 saturated carbocycles. The molecule has 1 unspecified atom stereocenters. The summed E-state index contributed by atoms with van der Waals surface area (Å²) in [5.74, 6) is 2.19. The molecular formula is C14H22N2OS. The van der Waals surface area contributed by atoms with Crippen LogP contribution in [0.25, 0.3) is 0 Å². The van der Waals surface area contributed by atoms with E-state index in [2.05, 4.69) is 29.0 Å². The first-order chi connectivity index (χ1) is 8.61. The maximum atomic E-state index is 5.26. The minimum atomic E-state index is 0.411. The van der Waals surface area contributed by atoms with Crippen molar-refractivity contribution in [1.29, 1.82) is 0 Å². The molecule has 0 spiro atoms. The average Bonchev–Trinajstić information content (AvgIpc) is 2.75. The van der Waals surface area contributed by atoms with E-state index in [1.807, 2.05) is 19.1 Å². The fourth-order valence-corrected chi connectivity index (χ4v) is 3.62. The van der Waals surface area contributed by atoms with E-state index in [0.29, 0.717) is 4.75 Å². The Labute approximate surface area is 114 Å². The predicted octanol–water partition coefficient (Wildman–Crippen LogP) is 2.77. The summed E-state index contributed by atoms with van der Waals surface area (Å²) in [7, 11) is 1.70. The number of nitrogens with one attached hydrogen (secondary N) is 1. The summed E-state index contributed by atoms with van der Waals surface area (Å²) in [6, 6.07) is 3.96. The lowest BCUT2D eigenvalue weighted by Crippen LogP contribution is -2.32. The van der Waals surface area contributed by atoms with E-state index in [-0.39, 0.29) is 0 Å². The number of rotatable bonds is 5. The van der Waals surface area contributed by atoms with Gasteiger partial charge < -0.3 is 10.1 Å². The first kappa shape index (κ1) is 13.7.